The molecule has 1 aliphatic heterocycles. The van der Waals surface area contributed by atoms with Crippen molar-refractivity contribution in [1.82, 2.24) is 4.98 Å². The van der Waals surface area contributed by atoms with Gasteiger partial charge in [-0.1, -0.05) is 18.2 Å². The minimum absolute atomic E-state index is 0.191. The summed E-state index contributed by atoms with van der Waals surface area (Å²) in [5.74, 6) is 0.395. The van der Waals surface area contributed by atoms with Gasteiger partial charge in [-0.15, -0.1) is 0 Å². The topological polar surface area (TPSA) is 135 Å². The van der Waals surface area contributed by atoms with E-state index in [0.717, 1.165) is 0 Å². The second kappa shape index (κ2) is 6.87. The van der Waals surface area contributed by atoms with Crippen molar-refractivity contribution in [3.8, 4) is 5.75 Å². The number of benzene rings is 1. The van der Waals surface area contributed by atoms with Crippen LogP contribution in [0.25, 0.3) is 0 Å². The van der Waals surface area contributed by atoms with Crippen LogP contribution in [0.1, 0.15) is 17.4 Å². The van der Waals surface area contributed by atoms with Gasteiger partial charge in [0.25, 0.3) is 5.08 Å². The lowest BCUT2D eigenvalue weighted by Gasteiger charge is -2.41. The van der Waals surface area contributed by atoms with Gasteiger partial charge in [0.05, 0.1) is 7.11 Å². The Morgan fingerprint density at radius 3 is 2.46 bits per heavy atom. The first-order chi connectivity index (χ1) is 12.2. The predicted octanol–water partition coefficient (Wildman–Crippen LogP) is 2.40. The Morgan fingerprint density at radius 1 is 1.19 bits per heavy atom. The molecule has 0 bridgehead atoms. The molecular formula is C15H17NO8P2. The van der Waals surface area contributed by atoms with Crippen molar-refractivity contribution in [2.45, 2.75) is 17.8 Å². The van der Waals surface area contributed by atoms with E-state index in [1.807, 2.05) is 0 Å². The van der Waals surface area contributed by atoms with Gasteiger partial charge in [-0.05, 0) is 23.8 Å². The smallest absolute Gasteiger partial charge is 0.374 e. The van der Waals surface area contributed by atoms with Gasteiger partial charge in [-0.2, -0.15) is 0 Å². The number of nitrogens with zero attached hydrogens (tertiary/aromatic N) is 1. The molecule has 0 saturated carbocycles. The molecule has 0 aliphatic carbocycles. The van der Waals surface area contributed by atoms with Crippen LogP contribution in [0, 0.1) is 0 Å². The zero-order chi connectivity index (χ0) is 19.0. The van der Waals surface area contributed by atoms with Crippen molar-refractivity contribution in [2.75, 3.05) is 7.11 Å². The Morgan fingerprint density at radius 2 is 1.88 bits per heavy atom. The number of aliphatic hydroxyl groups is 1. The summed E-state index contributed by atoms with van der Waals surface area (Å²) in [7, 11) is -8.57. The van der Waals surface area contributed by atoms with Gasteiger partial charge < -0.3 is 19.6 Å². The maximum absolute atomic E-state index is 12.7. The average Bonchev–Trinajstić information content (AvgIpc) is 2.60. The first-order valence-corrected chi connectivity index (χ1v) is 10.6. The van der Waals surface area contributed by atoms with Gasteiger partial charge in [-0.3, -0.25) is 23.2 Å². The van der Waals surface area contributed by atoms with Crippen LogP contribution in [0.5, 0.6) is 5.75 Å². The van der Waals surface area contributed by atoms with Gasteiger partial charge >= 0.3 is 15.2 Å². The summed E-state index contributed by atoms with van der Waals surface area (Å²) in [6.07, 6.45) is 0.488. The molecule has 1 saturated heterocycles. The Kier molecular flexibility index (Phi) is 5.07. The average molecular weight is 401 g/mol. The van der Waals surface area contributed by atoms with Gasteiger partial charge in [0.1, 0.15) is 5.75 Å². The summed E-state index contributed by atoms with van der Waals surface area (Å²) >= 11 is 0. The number of methoxy groups -OCH3 is 1. The van der Waals surface area contributed by atoms with Crippen LogP contribution < -0.4 is 4.74 Å². The minimum atomic E-state index is -4.99. The van der Waals surface area contributed by atoms with Crippen molar-refractivity contribution < 1.29 is 37.8 Å². The van der Waals surface area contributed by atoms with Crippen LogP contribution in [-0.4, -0.2) is 32.1 Å². The maximum atomic E-state index is 12.7. The van der Waals surface area contributed by atoms with Crippen LogP contribution in [-0.2, 0) is 24.6 Å². The van der Waals surface area contributed by atoms with E-state index in [1.54, 1.807) is 12.1 Å². The first-order valence-electron chi connectivity index (χ1n) is 7.46. The van der Waals surface area contributed by atoms with Gasteiger partial charge in [-0.25, -0.2) is 0 Å². The molecule has 1 aliphatic rings. The lowest BCUT2D eigenvalue weighted by atomic mass is 10.2. The fraction of sp³-hybridized carbons (Fsp3) is 0.267. The number of aromatic nitrogens is 1. The predicted molar refractivity (Wildman–Crippen MR) is 90.4 cm³/mol. The lowest BCUT2D eigenvalue weighted by molar-refractivity contribution is -0.0580. The number of rotatable bonds is 4. The lowest BCUT2D eigenvalue weighted by Crippen LogP contribution is -2.37. The fourth-order valence-electron chi connectivity index (χ4n) is 2.49. The van der Waals surface area contributed by atoms with E-state index in [4.69, 9.17) is 13.8 Å². The molecule has 9 nitrogen and oxygen atoms in total. The fourth-order valence-corrected chi connectivity index (χ4v) is 6.07. The maximum Gasteiger partial charge on any atom is 0.374 e. The van der Waals surface area contributed by atoms with Gasteiger partial charge in [0, 0.05) is 24.4 Å². The van der Waals surface area contributed by atoms with E-state index in [0.29, 0.717) is 5.75 Å². The second-order valence-corrected chi connectivity index (χ2v) is 10.0. The molecule has 3 N–H and O–H groups in total. The second-order valence-electron chi connectivity index (χ2n) is 5.67. The Hall–Kier alpha value is -1.57. The highest BCUT2D eigenvalue weighted by Crippen LogP contribution is 2.79. The van der Waals surface area contributed by atoms with Gasteiger partial charge in [0.2, 0.25) is 6.29 Å². The van der Waals surface area contributed by atoms with E-state index < -0.39 is 33.0 Å². The largest absolute Gasteiger partial charge is 0.497 e. The number of hydrogen-bond donors (Lipinski definition) is 3. The molecule has 1 aromatic carbocycles. The van der Waals surface area contributed by atoms with Gasteiger partial charge in [0.15, 0.2) is 0 Å². The minimum Gasteiger partial charge on any atom is -0.497 e. The Bertz CT molecular complexity index is 864. The van der Waals surface area contributed by atoms with Crippen LogP contribution >= 0.6 is 15.2 Å². The van der Waals surface area contributed by atoms with Crippen molar-refractivity contribution in [3.05, 3.63) is 59.9 Å². The SMILES string of the molecule is COc1cccc(C2OP(=O)(O)C(O)(Cc3cccnc3)P(=O)(O)O2)c1. The van der Waals surface area contributed by atoms with E-state index in [9.17, 15) is 24.0 Å². The number of hydrogen-bond acceptors (Lipinski definition) is 7. The number of pyridine rings is 1. The molecule has 140 valence electrons. The summed E-state index contributed by atoms with van der Waals surface area (Å²) in [6, 6.07) is 9.07. The molecule has 11 heteroatoms. The van der Waals surface area contributed by atoms with E-state index in [-0.39, 0.29) is 11.1 Å². The summed E-state index contributed by atoms with van der Waals surface area (Å²) in [5, 5.41) is 7.60. The van der Waals surface area contributed by atoms with Crippen LogP contribution in [0.2, 0.25) is 0 Å². The molecule has 2 heterocycles. The molecule has 3 rings (SSSR count). The van der Waals surface area contributed by atoms with E-state index in [2.05, 4.69) is 4.98 Å². The molecule has 2 aromatic rings. The first kappa shape index (κ1) is 19.2. The van der Waals surface area contributed by atoms with Crippen LogP contribution in [0.3, 0.4) is 0 Å². The molecule has 2 unspecified atom stereocenters. The Balaban J connectivity index is 1.96. The van der Waals surface area contributed by atoms with Crippen molar-refractivity contribution in [3.63, 3.8) is 0 Å². The van der Waals surface area contributed by atoms with Crippen molar-refractivity contribution in [1.29, 1.82) is 0 Å². The molecular weight excluding hydrogens is 384 g/mol. The molecule has 0 spiro atoms. The summed E-state index contributed by atoms with van der Waals surface area (Å²) in [5.41, 5.74) is 0.460. The highest BCUT2D eigenvalue weighted by atomic mass is 31.2. The third-order valence-corrected chi connectivity index (χ3v) is 8.51. The third-order valence-electron chi connectivity index (χ3n) is 3.91. The van der Waals surface area contributed by atoms with Crippen molar-refractivity contribution >= 4 is 15.2 Å². The summed E-state index contributed by atoms with van der Waals surface area (Å²) in [4.78, 5) is 24.3. The normalized spacial score (nSPS) is 34.4. The van der Waals surface area contributed by atoms with E-state index >= 15 is 0 Å². The summed E-state index contributed by atoms with van der Waals surface area (Å²) < 4.78 is 40.4. The van der Waals surface area contributed by atoms with Crippen molar-refractivity contribution in [2.24, 2.45) is 0 Å². The number of ether oxygens (including phenoxy) is 1. The molecule has 26 heavy (non-hydrogen) atoms. The standard InChI is InChI=1S/C15H17NO8P2/c1-22-13-6-2-5-12(8-13)14-23-25(18,19)15(17,26(20,21)24-14)9-11-4-3-7-16-10-11/h2-8,10,14,17H,9H2,1H3,(H,18,19)(H,20,21). The Labute approximate surface area is 149 Å². The zero-order valence-corrected chi connectivity index (χ0v) is 15.4. The molecule has 0 radical (unpaired) electrons. The van der Waals surface area contributed by atoms with Crippen LogP contribution in [0.15, 0.2) is 48.8 Å². The van der Waals surface area contributed by atoms with Crippen LogP contribution in [0.4, 0.5) is 0 Å². The molecule has 1 fully saturated rings. The quantitative estimate of drug-likeness (QED) is 0.660. The molecule has 2 atom stereocenters. The zero-order valence-electron chi connectivity index (χ0n) is 13.6. The summed E-state index contributed by atoms with van der Waals surface area (Å²) in [6.45, 7) is 0. The highest BCUT2D eigenvalue weighted by molar-refractivity contribution is 7.73. The molecule has 1 aromatic heterocycles. The van der Waals surface area contributed by atoms with E-state index in [1.165, 1.54) is 43.8 Å². The monoisotopic (exact) mass is 401 g/mol. The molecule has 0 amide bonds. The highest BCUT2D eigenvalue weighted by Gasteiger charge is 2.67. The third kappa shape index (κ3) is 3.35.